The fraction of sp³-hybridized carbons (Fsp3) is 0.364. The van der Waals surface area contributed by atoms with Gasteiger partial charge in [0.15, 0.2) is 23.2 Å². The molecule has 11 heteroatoms. The summed E-state index contributed by atoms with van der Waals surface area (Å²) in [5.74, 6) is 0.834. The van der Waals surface area contributed by atoms with Crippen molar-refractivity contribution in [1.82, 2.24) is 20.3 Å². The maximum Gasteiger partial charge on any atom is 0.407 e. The molecular weight excluding hydrogens is 451 g/mol. The van der Waals surface area contributed by atoms with Crippen molar-refractivity contribution in [2.45, 2.75) is 32.4 Å². The van der Waals surface area contributed by atoms with Crippen molar-refractivity contribution in [2.24, 2.45) is 0 Å². The van der Waals surface area contributed by atoms with Crippen molar-refractivity contribution < 1.29 is 18.7 Å². The summed E-state index contributed by atoms with van der Waals surface area (Å²) in [5, 5.41) is 5.78. The van der Waals surface area contributed by atoms with Crippen LogP contribution in [0.3, 0.4) is 0 Å². The molecule has 3 heterocycles. The van der Waals surface area contributed by atoms with Crippen LogP contribution in [-0.2, 0) is 4.74 Å². The van der Waals surface area contributed by atoms with Crippen molar-refractivity contribution in [2.75, 3.05) is 30.4 Å². The number of amides is 1. The molecule has 1 aliphatic rings. The summed E-state index contributed by atoms with van der Waals surface area (Å²) < 4.78 is 25.2. The zero-order valence-corrected chi connectivity index (χ0v) is 19.4. The molecule has 0 radical (unpaired) electrons. The van der Waals surface area contributed by atoms with E-state index in [1.807, 2.05) is 25.7 Å². The molecule has 2 aromatic heterocycles. The summed E-state index contributed by atoms with van der Waals surface area (Å²) in [5.41, 5.74) is 0.575. The molecule has 1 fully saturated rings. The predicted octanol–water partition coefficient (Wildman–Crippen LogP) is 4.28. The van der Waals surface area contributed by atoms with Crippen LogP contribution in [0.25, 0.3) is 11.0 Å². The number of carbonyl (C=O) groups is 1. The zero-order chi connectivity index (χ0) is 23.8. The van der Waals surface area contributed by atoms with Gasteiger partial charge in [0.05, 0.1) is 29.4 Å². The van der Waals surface area contributed by atoms with E-state index in [1.54, 1.807) is 25.3 Å². The molecule has 1 aromatic carbocycles. The number of pyridine rings is 1. The lowest BCUT2D eigenvalue weighted by Crippen LogP contribution is -2.60. The summed E-state index contributed by atoms with van der Waals surface area (Å²) in [6.07, 6.45) is 0.896. The van der Waals surface area contributed by atoms with Crippen LogP contribution in [0, 0.1) is 5.82 Å². The van der Waals surface area contributed by atoms with Gasteiger partial charge in [-0.25, -0.2) is 24.1 Å². The normalized spacial score (nSPS) is 14.1. The highest BCUT2D eigenvalue weighted by Gasteiger charge is 2.33. The zero-order valence-electron chi connectivity index (χ0n) is 18.6. The van der Waals surface area contributed by atoms with Crippen LogP contribution in [0.5, 0.6) is 5.75 Å². The largest absolute Gasteiger partial charge is 0.493 e. The Bertz CT molecular complexity index is 1200. The Labute approximate surface area is 195 Å². The van der Waals surface area contributed by atoms with Gasteiger partial charge in [0, 0.05) is 19.2 Å². The fourth-order valence-electron chi connectivity index (χ4n) is 3.37. The van der Waals surface area contributed by atoms with Crippen LogP contribution in [-0.4, -0.2) is 52.9 Å². The van der Waals surface area contributed by atoms with E-state index in [2.05, 4.69) is 20.6 Å². The third-order valence-electron chi connectivity index (χ3n) is 4.88. The molecule has 1 aliphatic heterocycles. The minimum Gasteiger partial charge on any atom is -0.493 e. The van der Waals surface area contributed by atoms with E-state index >= 15 is 0 Å². The number of rotatable bonds is 5. The molecule has 2 N–H and O–H groups in total. The lowest BCUT2D eigenvalue weighted by molar-refractivity contribution is 0.0496. The maximum atomic E-state index is 14.4. The van der Waals surface area contributed by atoms with Gasteiger partial charge in [0.25, 0.3) is 0 Å². The average molecular weight is 475 g/mol. The van der Waals surface area contributed by atoms with Gasteiger partial charge in [-0.05, 0) is 32.9 Å². The van der Waals surface area contributed by atoms with Gasteiger partial charge in [-0.3, -0.25) is 0 Å². The Morgan fingerprint density at radius 1 is 1.27 bits per heavy atom. The van der Waals surface area contributed by atoms with E-state index in [9.17, 15) is 9.18 Å². The molecule has 0 saturated carbocycles. The van der Waals surface area contributed by atoms with Gasteiger partial charge in [-0.2, -0.15) is 0 Å². The Hall–Kier alpha value is -3.40. The summed E-state index contributed by atoms with van der Waals surface area (Å²) >= 11 is 5.89. The first-order chi connectivity index (χ1) is 15.6. The Morgan fingerprint density at radius 2 is 2.03 bits per heavy atom. The quantitative estimate of drug-likeness (QED) is 0.565. The van der Waals surface area contributed by atoms with Gasteiger partial charge < -0.3 is 25.0 Å². The highest BCUT2D eigenvalue weighted by atomic mass is 35.5. The van der Waals surface area contributed by atoms with E-state index in [0.29, 0.717) is 41.5 Å². The number of fused-ring (bicyclic) bond motifs is 1. The molecule has 3 aromatic rings. The smallest absolute Gasteiger partial charge is 0.407 e. The van der Waals surface area contributed by atoms with Crippen molar-refractivity contribution in [1.29, 1.82) is 0 Å². The van der Waals surface area contributed by atoms with E-state index in [1.165, 1.54) is 12.4 Å². The molecule has 0 aliphatic carbocycles. The first kappa shape index (κ1) is 22.8. The Morgan fingerprint density at radius 3 is 2.73 bits per heavy atom. The number of hydrogen-bond donors (Lipinski definition) is 2. The molecule has 0 atom stereocenters. The van der Waals surface area contributed by atoms with Crippen LogP contribution >= 0.6 is 11.6 Å². The van der Waals surface area contributed by atoms with Gasteiger partial charge in [-0.1, -0.05) is 17.7 Å². The molecule has 174 valence electrons. The van der Waals surface area contributed by atoms with Crippen LogP contribution in [0.1, 0.15) is 20.8 Å². The molecule has 4 rings (SSSR count). The van der Waals surface area contributed by atoms with E-state index in [4.69, 9.17) is 26.1 Å². The molecular formula is C22H24ClFN6O3. The number of methoxy groups -OCH3 is 1. The minimum absolute atomic E-state index is 0.00205. The number of hydrogen-bond acceptors (Lipinski definition) is 8. The SMILES string of the molecule is COc1cc2ncnc(Nc3cccc(Cl)c3F)c2nc1N1CC(NC(=O)OC(C)(C)C)C1. The first-order valence-electron chi connectivity index (χ1n) is 10.3. The number of ether oxygens (including phenoxy) is 2. The van der Waals surface area contributed by atoms with Gasteiger partial charge in [0.2, 0.25) is 0 Å². The van der Waals surface area contributed by atoms with Crippen LogP contribution in [0.15, 0.2) is 30.6 Å². The third kappa shape index (κ3) is 5.00. The summed E-state index contributed by atoms with van der Waals surface area (Å²) in [6.45, 7) is 6.48. The number of aromatic nitrogens is 3. The first-order valence-corrected chi connectivity index (χ1v) is 10.7. The van der Waals surface area contributed by atoms with Crippen LogP contribution in [0.4, 0.5) is 26.5 Å². The molecule has 0 bridgehead atoms. The molecule has 0 unspecified atom stereocenters. The topological polar surface area (TPSA) is 102 Å². The van der Waals surface area contributed by atoms with Crippen molar-refractivity contribution >= 4 is 46.1 Å². The summed E-state index contributed by atoms with van der Waals surface area (Å²) in [7, 11) is 1.55. The average Bonchev–Trinajstić information content (AvgIpc) is 2.72. The van der Waals surface area contributed by atoms with Crippen LogP contribution in [0.2, 0.25) is 5.02 Å². The van der Waals surface area contributed by atoms with Gasteiger partial charge in [-0.15, -0.1) is 0 Å². The highest BCUT2D eigenvalue weighted by Crippen LogP contribution is 2.35. The standard InChI is InChI=1S/C22H24ClFN6O3/c1-22(2,3)33-21(31)27-12-9-30(10-12)20-16(32-4)8-15-18(29-20)19(26-11-25-15)28-14-7-5-6-13(23)17(14)24/h5-8,11-12H,9-10H2,1-4H3,(H,27,31)(H,25,26,28). The van der Waals surface area contributed by atoms with Gasteiger partial charge >= 0.3 is 6.09 Å². The second-order valence-corrected chi connectivity index (χ2v) is 8.99. The molecule has 1 amide bonds. The van der Waals surface area contributed by atoms with E-state index < -0.39 is 17.5 Å². The third-order valence-corrected chi connectivity index (χ3v) is 5.17. The Kier molecular flexibility index (Phi) is 6.11. The predicted molar refractivity (Wildman–Crippen MR) is 124 cm³/mol. The molecule has 33 heavy (non-hydrogen) atoms. The summed E-state index contributed by atoms with van der Waals surface area (Å²) in [6, 6.07) is 6.31. The molecule has 9 nitrogen and oxygen atoms in total. The molecule has 0 spiro atoms. The summed E-state index contributed by atoms with van der Waals surface area (Å²) in [4.78, 5) is 27.2. The lowest BCUT2D eigenvalue weighted by atomic mass is 10.1. The van der Waals surface area contributed by atoms with Crippen molar-refractivity contribution in [3.63, 3.8) is 0 Å². The van der Waals surface area contributed by atoms with E-state index in [-0.39, 0.29) is 16.8 Å². The van der Waals surface area contributed by atoms with Crippen LogP contribution < -0.4 is 20.3 Å². The minimum atomic E-state index is -0.585. The molecule has 1 saturated heterocycles. The monoisotopic (exact) mass is 474 g/mol. The number of nitrogens with zero attached hydrogens (tertiary/aromatic N) is 4. The highest BCUT2D eigenvalue weighted by molar-refractivity contribution is 6.31. The lowest BCUT2D eigenvalue weighted by Gasteiger charge is -2.40. The number of alkyl carbamates (subject to hydrolysis) is 1. The van der Waals surface area contributed by atoms with Gasteiger partial charge in [0.1, 0.15) is 17.4 Å². The van der Waals surface area contributed by atoms with E-state index in [0.717, 1.165) is 0 Å². The number of anilines is 3. The number of benzene rings is 1. The Balaban J connectivity index is 1.57. The second-order valence-electron chi connectivity index (χ2n) is 8.58. The number of carbonyl (C=O) groups excluding carboxylic acids is 1. The second kappa shape index (κ2) is 8.86. The maximum absolute atomic E-state index is 14.4. The fourth-order valence-corrected chi connectivity index (χ4v) is 3.55. The van der Waals surface area contributed by atoms with Crippen molar-refractivity contribution in [3.05, 3.63) is 41.4 Å². The number of halogens is 2. The number of nitrogens with one attached hydrogen (secondary N) is 2. The van der Waals surface area contributed by atoms with Crippen molar-refractivity contribution in [3.8, 4) is 5.75 Å².